The Labute approximate surface area is 196 Å². The smallest absolute Gasteiger partial charge is 0.150 e. The molecule has 1 atom stereocenters. The van der Waals surface area contributed by atoms with Crippen molar-refractivity contribution in [3.8, 4) is 0 Å². The number of halogens is 1. The second-order valence-corrected chi connectivity index (χ2v) is 11.4. The summed E-state index contributed by atoms with van der Waals surface area (Å²) in [6, 6.07) is 36.7. The standard InChI is InChI=1S/C27H23BrNO2P/c28-23-18-16-21(17-19-23)26(29-30)20-27(22-10-4-1-5-11-22)32(31,24-12-6-2-7-13-24)25-14-8-3-9-15-25/h1-19,27,30H,20H2. The van der Waals surface area contributed by atoms with E-state index in [1.165, 1.54) is 0 Å². The molecule has 0 saturated carbocycles. The summed E-state index contributed by atoms with van der Waals surface area (Å²) in [5.74, 6) is 0. The van der Waals surface area contributed by atoms with E-state index < -0.39 is 12.8 Å². The monoisotopic (exact) mass is 503 g/mol. The summed E-state index contributed by atoms with van der Waals surface area (Å²) < 4.78 is 16.1. The molecule has 1 N–H and O–H groups in total. The van der Waals surface area contributed by atoms with Crippen LogP contribution in [0.15, 0.2) is 125 Å². The second-order valence-electron chi connectivity index (χ2n) is 7.51. The molecule has 0 bridgehead atoms. The number of rotatable bonds is 7. The van der Waals surface area contributed by atoms with Crippen LogP contribution >= 0.6 is 23.1 Å². The van der Waals surface area contributed by atoms with Gasteiger partial charge >= 0.3 is 0 Å². The molecule has 160 valence electrons. The van der Waals surface area contributed by atoms with Crippen molar-refractivity contribution < 1.29 is 9.77 Å². The first kappa shape index (κ1) is 22.3. The van der Waals surface area contributed by atoms with Gasteiger partial charge in [-0.15, -0.1) is 0 Å². The molecular formula is C27H23BrNO2P. The fourth-order valence-electron chi connectivity index (χ4n) is 3.98. The fraction of sp³-hybridized carbons (Fsp3) is 0.0741. The summed E-state index contributed by atoms with van der Waals surface area (Å²) in [5, 5.41) is 15.1. The average Bonchev–Trinajstić information content (AvgIpc) is 2.87. The molecule has 0 aromatic heterocycles. The quantitative estimate of drug-likeness (QED) is 0.131. The maximum absolute atomic E-state index is 15.1. The Bertz CT molecular complexity index is 1180. The Balaban J connectivity index is 1.90. The molecule has 0 aliphatic heterocycles. The maximum atomic E-state index is 15.1. The molecule has 0 spiro atoms. The highest BCUT2D eigenvalue weighted by Crippen LogP contribution is 2.59. The van der Waals surface area contributed by atoms with E-state index in [0.717, 1.165) is 26.2 Å². The van der Waals surface area contributed by atoms with Crippen LogP contribution in [0.25, 0.3) is 0 Å². The minimum atomic E-state index is -3.15. The molecule has 3 nitrogen and oxygen atoms in total. The highest BCUT2D eigenvalue weighted by Gasteiger charge is 2.38. The van der Waals surface area contributed by atoms with Crippen LogP contribution in [-0.4, -0.2) is 10.9 Å². The normalized spacial score (nSPS) is 13.0. The van der Waals surface area contributed by atoms with Gasteiger partial charge in [0.05, 0.1) is 11.4 Å². The van der Waals surface area contributed by atoms with Gasteiger partial charge in [-0.05, 0) is 23.3 Å². The Hall–Kier alpha value is -2.94. The topological polar surface area (TPSA) is 49.7 Å². The van der Waals surface area contributed by atoms with E-state index in [4.69, 9.17) is 0 Å². The van der Waals surface area contributed by atoms with Crippen LogP contribution < -0.4 is 10.6 Å². The number of nitrogens with zero attached hydrogens (tertiary/aromatic N) is 1. The lowest BCUT2D eigenvalue weighted by Gasteiger charge is -2.29. The Morgan fingerprint density at radius 1 is 0.750 bits per heavy atom. The largest absolute Gasteiger partial charge is 0.411 e. The van der Waals surface area contributed by atoms with Crippen molar-refractivity contribution in [2.45, 2.75) is 12.1 Å². The first-order valence-electron chi connectivity index (χ1n) is 10.4. The van der Waals surface area contributed by atoms with Gasteiger partial charge in [-0.1, -0.05) is 124 Å². The van der Waals surface area contributed by atoms with Crippen LogP contribution in [0.2, 0.25) is 0 Å². The third-order valence-corrected chi connectivity index (χ3v) is 9.61. The van der Waals surface area contributed by atoms with Crippen molar-refractivity contribution in [3.05, 3.63) is 131 Å². The summed E-state index contributed by atoms with van der Waals surface area (Å²) in [5.41, 5.74) is 1.84. The summed E-state index contributed by atoms with van der Waals surface area (Å²) in [6.07, 6.45) is 0.323. The Kier molecular flexibility index (Phi) is 7.04. The zero-order chi connectivity index (χ0) is 22.4. The van der Waals surface area contributed by atoms with Crippen LogP contribution in [0.1, 0.15) is 23.2 Å². The molecule has 32 heavy (non-hydrogen) atoms. The van der Waals surface area contributed by atoms with Crippen LogP contribution in [0.3, 0.4) is 0 Å². The number of benzene rings is 4. The Morgan fingerprint density at radius 3 is 1.69 bits per heavy atom. The van der Waals surface area contributed by atoms with E-state index in [9.17, 15) is 5.21 Å². The summed E-state index contributed by atoms with van der Waals surface area (Å²) >= 11 is 3.45. The van der Waals surface area contributed by atoms with Crippen molar-refractivity contribution >= 4 is 39.4 Å². The van der Waals surface area contributed by atoms with Gasteiger partial charge in [-0.3, -0.25) is 0 Å². The van der Waals surface area contributed by atoms with E-state index in [1.54, 1.807) is 0 Å². The lowest BCUT2D eigenvalue weighted by atomic mass is 10.0. The molecule has 4 aromatic carbocycles. The van der Waals surface area contributed by atoms with Crippen molar-refractivity contribution in [1.82, 2.24) is 0 Å². The number of oxime groups is 1. The Morgan fingerprint density at radius 2 is 1.22 bits per heavy atom. The first-order chi connectivity index (χ1) is 15.6. The van der Waals surface area contributed by atoms with Crippen LogP contribution in [0.5, 0.6) is 0 Å². The molecular weight excluding hydrogens is 481 g/mol. The van der Waals surface area contributed by atoms with Gasteiger partial charge in [-0.2, -0.15) is 0 Å². The minimum absolute atomic E-state index is 0.323. The molecule has 0 aliphatic carbocycles. The molecule has 0 fully saturated rings. The van der Waals surface area contributed by atoms with Gasteiger partial charge < -0.3 is 9.77 Å². The van der Waals surface area contributed by atoms with Gasteiger partial charge in [0.2, 0.25) is 0 Å². The molecule has 4 rings (SSSR count). The predicted molar refractivity (Wildman–Crippen MR) is 136 cm³/mol. The van der Waals surface area contributed by atoms with Gasteiger partial charge in [-0.25, -0.2) is 0 Å². The molecule has 5 heteroatoms. The molecule has 0 radical (unpaired) electrons. The van der Waals surface area contributed by atoms with E-state index in [0.29, 0.717) is 12.1 Å². The highest BCUT2D eigenvalue weighted by molar-refractivity contribution is 9.10. The van der Waals surface area contributed by atoms with Crippen molar-refractivity contribution in [2.24, 2.45) is 5.16 Å². The number of hydrogen-bond donors (Lipinski definition) is 1. The van der Waals surface area contributed by atoms with Crippen LogP contribution in [-0.2, 0) is 4.57 Å². The minimum Gasteiger partial charge on any atom is -0.411 e. The fourth-order valence-corrected chi connectivity index (χ4v) is 7.52. The van der Waals surface area contributed by atoms with E-state index >= 15 is 4.57 Å². The third kappa shape index (κ3) is 4.62. The summed E-state index contributed by atoms with van der Waals surface area (Å²) in [4.78, 5) is 0. The molecule has 0 saturated heterocycles. The van der Waals surface area contributed by atoms with Gasteiger partial charge in [0.15, 0.2) is 7.14 Å². The van der Waals surface area contributed by atoms with Crippen LogP contribution in [0, 0.1) is 0 Å². The van der Waals surface area contributed by atoms with Gasteiger partial charge in [0.1, 0.15) is 0 Å². The zero-order valence-corrected chi connectivity index (χ0v) is 19.9. The molecule has 0 amide bonds. The first-order valence-corrected chi connectivity index (χ1v) is 12.9. The van der Waals surface area contributed by atoms with Gasteiger partial charge in [0, 0.05) is 21.5 Å². The zero-order valence-electron chi connectivity index (χ0n) is 17.4. The van der Waals surface area contributed by atoms with E-state index in [-0.39, 0.29) is 0 Å². The van der Waals surface area contributed by atoms with Crippen molar-refractivity contribution in [1.29, 1.82) is 0 Å². The van der Waals surface area contributed by atoms with Crippen molar-refractivity contribution in [2.75, 3.05) is 0 Å². The second kappa shape index (κ2) is 10.1. The van der Waals surface area contributed by atoms with Gasteiger partial charge in [0.25, 0.3) is 0 Å². The molecule has 1 unspecified atom stereocenters. The third-order valence-electron chi connectivity index (χ3n) is 5.59. The maximum Gasteiger partial charge on any atom is 0.150 e. The molecule has 4 aromatic rings. The predicted octanol–water partition coefficient (Wildman–Crippen LogP) is 6.77. The summed E-state index contributed by atoms with van der Waals surface area (Å²) in [7, 11) is -3.15. The molecule has 0 aliphatic rings. The highest BCUT2D eigenvalue weighted by atomic mass is 79.9. The lowest BCUT2D eigenvalue weighted by molar-refractivity contribution is 0.318. The SMILES string of the molecule is O=P(c1ccccc1)(c1ccccc1)C(CC(=NO)c1ccc(Br)cc1)c1ccccc1. The summed E-state index contributed by atoms with van der Waals surface area (Å²) in [6.45, 7) is 0. The van der Waals surface area contributed by atoms with Crippen molar-refractivity contribution in [3.63, 3.8) is 0 Å². The molecule has 0 heterocycles. The average molecular weight is 504 g/mol. The number of hydrogen-bond acceptors (Lipinski definition) is 3. The van der Waals surface area contributed by atoms with E-state index in [1.807, 2.05) is 115 Å². The van der Waals surface area contributed by atoms with Crippen LogP contribution in [0.4, 0.5) is 0 Å². The lowest BCUT2D eigenvalue weighted by Crippen LogP contribution is -2.23. The van der Waals surface area contributed by atoms with E-state index in [2.05, 4.69) is 21.1 Å².